The van der Waals surface area contributed by atoms with Crippen molar-refractivity contribution >= 4 is 17.6 Å². The van der Waals surface area contributed by atoms with Crippen molar-refractivity contribution < 1.29 is 14.7 Å². The van der Waals surface area contributed by atoms with E-state index in [4.69, 9.17) is 5.11 Å². The van der Waals surface area contributed by atoms with Gasteiger partial charge in [-0.1, -0.05) is 42.5 Å². The van der Waals surface area contributed by atoms with Crippen LogP contribution in [0.15, 0.2) is 67.0 Å². The lowest BCUT2D eigenvalue weighted by atomic mass is 10.1. The molecule has 6 nitrogen and oxygen atoms in total. The first-order chi connectivity index (χ1) is 12.0. The molecule has 0 saturated carbocycles. The summed E-state index contributed by atoms with van der Waals surface area (Å²) in [6, 6.07) is 16.6. The van der Waals surface area contributed by atoms with Crippen LogP contribution in [0.3, 0.4) is 0 Å². The topological polar surface area (TPSA) is 84.2 Å². The van der Waals surface area contributed by atoms with E-state index in [0.29, 0.717) is 11.3 Å². The lowest BCUT2D eigenvalue weighted by Crippen LogP contribution is -2.16. The largest absolute Gasteiger partial charge is 0.480 e. The summed E-state index contributed by atoms with van der Waals surface area (Å²) < 4.78 is 1.25. The van der Waals surface area contributed by atoms with E-state index in [0.717, 1.165) is 11.1 Å². The number of hydrogen-bond acceptors (Lipinski definition) is 3. The third-order valence-electron chi connectivity index (χ3n) is 3.87. The van der Waals surface area contributed by atoms with Gasteiger partial charge in [0.1, 0.15) is 6.04 Å². The maximum atomic E-state index is 12.3. The van der Waals surface area contributed by atoms with Crippen molar-refractivity contribution in [3.63, 3.8) is 0 Å². The van der Waals surface area contributed by atoms with Crippen LogP contribution in [-0.2, 0) is 4.79 Å². The van der Waals surface area contributed by atoms with Crippen LogP contribution in [0, 0.1) is 0 Å². The third-order valence-corrected chi connectivity index (χ3v) is 3.87. The van der Waals surface area contributed by atoms with Gasteiger partial charge in [0.2, 0.25) is 0 Å². The molecule has 0 aliphatic carbocycles. The van der Waals surface area contributed by atoms with Crippen LogP contribution < -0.4 is 5.32 Å². The predicted molar refractivity (Wildman–Crippen MR) is 94.4 cm³/mol. The van der Waals surface area contributed by atoms with Gasteiger partial charge in [0, 0.05) is 11.9 Å². The standard InChI is InChI=1S/C19H17N3O3/c1-13(19(24)25)22-12-16(11-20-22)18(23)21-17-9-7-15(8-10-17)14-5-3-2-4-6-14/h2-13H,1H3,(H,21,23)(H,24,25). The monoisotopic (exact) mass is 335 g/mol. The van der Waals surface area contributed by atoms with Gasteiger partial charge in [0.05, 0.1) is 11.8 Å². The summed E-state index contributed by atoms with van der Waals surface area (Å²) in [5, 5.41) is 15.7. The smallest absolute Gasteiger partial charge is 0.328 e. The normalized spacial score (nSPS) is 11.7. The maximum absolute atomic E-state index is 12.3. The molecule has 0 fully saturated rings. The second kappa shape index (κ2) is 7.00. The highest BCUT2D eigenvalue weighted by atomic mass is 16.4. The molecule has 0 aliphatic rings. The molecule has 0 bridgehead atoms. The maximum Gasteiger partial charge on any atom is 0.328 e. The van der Waals surface area contributed by atoms with E-state index in [1.165, 1.54) is 24.0 Å². The summed E-state index contributed by atoms with van der Waals surface area (Å²) >= 11 is 0. The molecule has 0 aliphatic heterocycles. The molecule has 2 N–H and O–H groups in total. The Bertz CT molecular complexity index is 886. The highest BCUT2D eigenvalue weighted by Gasteiger charge is 2.16. The van der Waals surface area contributed by atoms with Crippen LogP contribution in [0.1, 0.15) is 23.3 Å². The van der Waals surface area contributed by atoms with Crippen LogP contribution in [0.4, 0.5) is 5.69 Å². The van der Waals surface area contributed by atoms with Crippen LogP contribution in [0.2, 0.25) is 0 Å². The molecule has 25 heavy (non-hydrogen) atoms. The van der Waals surface area contributed by atoms with E-state index in [1.807, 2.05) is 54.6 Å². The van der Waals surface area contributed by atoms with Crippen LogP contribution in [0.25, 0.3) is 11.1 Å². The Hall–Kier alpha value is -3.41. The van der Waals surface area contributed by atoms with Gasteiger partial charge in [-0.05, 0) is 30.2 Å². The Morgan fingerprint density at radius 1 is 1.04 bits per heavy atom. The summed E-state index contributed by atoms with van der Waals surface area (Å²) in [6.45, 7) is 1.50. The number of carbonyl (C=O) groups is 2. The molecule has 0 radical (unpaired) electrons. The molecule has 126 valence electrons. The summed E-state index contributed by atoms with van der Waals surface area (Å²) in [6.07, 6.45) is 2.78. The molecule has 3 aromatic rings. The predicted octanol–water partition coefficient (Wildman–Crippen LogP) is 3.45. The molecular weight excluding hydrogens is 318 g/mol. The second-order valence-electron chi connectivity index (χ2n) is 5.62. The number of hydrogen-bond donors (Lipinski definition) is 2. The average molecular weight is 335 g/mol. The first-order valence-corrected chi connectivity index (χ1v) is 7.78. The number of aliphatic carboxylic acids is 1. The van der Waals surface area contributed by atoms with Gasteiger partial charge in [0.15, 0.2) is 0 Å². The van der Waals surface area contributed by atoms with Crippen LogP contribution in [0.5, 0.6) is 0 Å². The van der Waals surface area contributed by atoms with Gasteiger partial charge >= 0.3 is 5.97 Å². The molecule has 0 saturated heterocycles. The van der Waals surface area contributed by atoms with Crippen molar-refractivity contribution in [3.05, 3.63) is 72.6 Å². The molecule has 0 spiro atoms. The molecule has 2 aromatic carbocycles. The summed E-state index contributed by atoms with van der Waals surface area (Å²) in [7, 11) is 0. The van der Waals surface area contributed by atoms with Crippen LogP contribution in [-0.4, -0.2) is 26.8 Å². The molecular formula is C19H17N3O3. The third kappa shape index (κ3) is 3.74. The lowest BCUT2D eigenvalue weighted by Gasteiger charge is -2.06. The van der Waals surface area contributed by atoms with E-state index in [1.54, 1.807) is 0 Å². The van der Waals surface area contributed by atoms with Crippen molar-refractivity contribution in [1.29, 1.82) is 0 Å². The molecule has 1 unspecified atom stereocenters. The number of nitrogens with zero attached hydrogens (tertiary/aromatic N) is 2. The van der Waals surface area contributed by atoms with E-state index < -0.39 is 12.0 Å². The van der Waals surface area contributed by atoms with E-state index in [9.17, 15) is 9.59 Å². The Kier molecular flexibility index (Phi) is 4.61. The zero-order chi connectivity index (χ0) is 17.8. The lowest BCUT2D eigenvalue weighted by molar-refractivity contribution is -0.140. The van der Waals surface area contributed by atoms with Crippen molar-refractivity contribution in [2.75, 3.05) is 5.32 Å². The van der Waals surface area contributed by atoms with E-state index in [2.05, 4.69) is 10.4 Å². The number of amides is 1. The van der Waals surface area contributed by atoms with Gasteiger partial charge in [-0.25, -0.2) is 4.79 Å². The quantitative estimate of drug-likeness (QED) is 0.748. The van der Waals surface area contributed by atoms with E-state index in [-0.39, 0.29) is 5.91 Å². The summed E-state index contributed by atoms with van der Waals surface area (Å²) in [4.78, 5) is 23.2. The number of carboxylic acids is 1. The zero-order valence-corrected chi connectivity index (χ0v) is 13.6. The number of aromatic nitrogens is 2. The number of rotatable bonds is 5. The van der Waals surface area contributed by atoms with Gasteiger partial charge in [-0.2, -0.15) is 5.10 Å². The Morgan fingerprint density at radius 3 is 2.32 bits per heavy atom. The average Bonchev–Trinajstić information content (AvgIpc) is 3.12. The fraction of sp³-hybridized carbons (Fsp3) is 0.105. The highest BCUT2D eigenvalue weighted by Crippen LogP contribution is 2.21. The Balaban J connectivity index is 1.70. The van der Waals surface area contributed by atoms with Gasteiger partial charge < -0.3 is 10.4 Å². The Morgan fingerprint density at radius 2 is 1.68 bits per heavy atom. The first kappa shape index (κ1) is 16.4. The summed E-state index contributed by atoms with van der Waals surface area (Å²) in [5.41, 5.74) is 3.12. The van der Waals surface area contributed by atoms with Crippen molar-refractivity contribution in [2.45, 2.75) is 13.0 Å². The fourth-order valence-electron chi connectivity index (χ4n) is 2.36. The van der Waals surface area contributed by atoms with Gasteiger partial charge in [0.25, 0.3) is 5.91 Å². The fourth-order valence-corrected chi connectivity index (χ4v) is 2.36. The number of benzene rings is 2. The highest BCUT2D eigenvalue weighted by molar-refractivity contribution is 6.04. The first-order valence-electron chi connectivity index (χ1n) is 7.78. The summed E-state index contributed by atoms with van der Waals surface area (Å²) in [5.74, 6) is -1.34. The van der Waals surface area contributed by atoms with Crippen molar-refractivity contribution in [1.82, 2.24) is 9.78 Å². The zero-order valence-electron chi connectivity index (χ0n) is 13.6. The molecule has 1 heterocycles. The molecule has 3 rings (SSSR count). The number of nitrogens with one attached hydrogen (secondary N) is 1. The molecule has 6 heteroatoms. The SMILES string of the molecule is CC(C(=O)O)n1cc(C(=O)Nc2ccc(-c3ccccc3)cc2)cn1. The second-order valence-corrected chi connectivity index (χ2v) is 5.62. The van der Waals surface area contributed by atoms with E-state index >= 15 is 0 Å². The van der Waals surface area contributed by atoms with Crippen molar-refractivity contribution in [2.24, 2.45) is 0 Å². The molecule has 1 atom stereocenters. The minimum absolute atomic E-state index is 0.306. The Labute approximate surface area is 144 Å². The van der Waals surface area contributed by atoms with Crippen LogP contribution >= 0.6 is 0 Å². The van der Waals surface area contributed by atoms with Crippen molar-refractivity contribution in [3.8, 4) is 11.1 Å². The minimum atomic E-state index is -1.01. The number of carbonyl (C=O) groups excluding carboxylic acids is 1. The minimum Gasteiger partial charge on any atom is -0.480 e. The number of anilines is 1. The molecule has 1 aromatic heterocycles. The van der Waals surface area contributed by atoms with Gasteiger partial charge in [-0.15, -0.1) is 0 Å². The number of carboxylic acid groups (broad SMARTS) is 1. The molecule has 1 amide bonds. The van der Waals surface area contributed by atoms with Gasteiger partial charge in [-0.3, -0.25) is 9.48 Å².